The van der Waals surface area contributed by atoms with Crippen molar-refractivity contribution >= 4 is 34.7 Å². The first kappa shape index (κ1) is 19.4. The van der Waals surface area contributed by atoms with Gasteiger partial charge in [0.15, 0.2) is 0 Å². The van der Waals surface area contributed by atoms with Gasteiger partial charge in [0.1, 0.15) is 0 Å². The average molecular weight is 420 g/mol. The Morgan fingerprint density at radius 1 is 1.29 bits per heavy atom. The Bertz CT molecular complexity index is 823. The summed E-state index contributed by atoms with van der Waals surface area (Å²) >= 11 is 2.90. The summed E-state index contributed by atoms with van der Waals surface area (Å²) in [6, 6.07) is 0.717. The molecular weight excluding hydrogens is 394 g/mol. The number of hydrogen-bond donors (Lipinski definition) is 0. The molecule has 4 heterocycles. The number of amides is 2. The Balaban J connectivity index is 1.34. The summed E-state index contributed by atoms with van der Waals surface area (Å²) in [4.78, 5) is 35.0. The van der Waals surface area contributed by atoms with E-state index in [1.807, 2.05) is 29.8 Å². The highest BCUT2D eigenvalue weighted by molar-refractivity contribution is 7.09. The SMILES string of the molecule is Cc1ncsc1CCC(=O)N1C2CCC1CC(N(C)C(=O)Cc1csnn1)C2. The molecule has 2 aromatic heterocycles. The van der Waals surface area contributed by atoms with Crippen molar-refractivity contribution < 1.29 is 9.59 Å². The standard InChI is InChI=1S/C19H25N5O2S2/c1-12-17(27-11-20-12)5-6-18(25)24-14-3-4-15(24)9-16(8-14)23(2)19(26)7-13-10-28-22-21-13/h10-11,14-16H,3-9H2,1-2H3. The molecule has 2 amide bonds. The number of aryl methyl sites for hydroxylation is 2. The highest BCUT2D eigenvalue weighted by atomic mass is 32.1. The summed E-state index contributed by atoms with van der Waals surface area (Å²) in [6.45, 7) is 2.00. The Kier molecular flexibility index (Phi) is 5.73. The molecule has 2 atom stereocenters. The van der Waals surface area contributed by atoms with Crippen molar-refractivity contribution in [1.82, 2.24) is 24.4 Å². The second-order valence-corrected chi connectivity index (χ2v) is 9.30. The molecule has 28 heavy (non-hydrogen) atoms. The minimum absolute atomic E-state index is 0.0811. The van der Waals surface area contributed by atoms with E-state index in [1.54, 1.807) is 11.3 Å². The zero-order valence-corrected chi connectivity index (χ0v) is 17.8. The smallest absolute Gasteiger partial charge is 0.228 e. The molecule has 0 aromatic carbocycles. The lowest BCUT2D eigenvalue weighted by Gasteiger charge is -2.42. The summed E-state index contributed by atoms with van der Waals surface area (Å²) in [5.74, 6) is 0.332. The van der Waals surface area contributed by atoms with Gasteiger partial charge in [0.05, 0.1) is 23.3 Å². The first-order valence-electron chi connectivity index (χ1n) is 9.74. The Labute approximate surface area is 172 Å². The summed E-state index contributed by atoms with van der Waals surface area (Å²) in [7, 11) is 1.89. The quantitative estimate of drug-likeness (QED) is 0.719. The van der Waals surface area contributed by atoms with Gasteiger partial charge in [-0.15, -0.1) is 16.4 Å². The van der Waals surface area contributed by atoms with E-state index in [4.69, 9.17) is 0 Å². The second kappa shape index (κ2) is 8.24. The van der Waals surface area contributed by atoms with Gasteiger partial charge in [0, 0.05) is 41.9 Å². The topological polar surface area (TPSA) is 79.3 Å². The molecule has 0 spiro atoms. The van der Waals surface area contributed by atoms with E-state index >= 15 is 0 Å². The number of thiazole rings is 1. The van der Waals surface area contributed by atoms with Gasteiger partial charge in [-0.3, -0.25) is 9.59 Å². The van der Waals surface area contributed by atoms with Crippen LogP contribution in [0.4, 0.5) is 0 Å². The molecule has 0 aliphatic carbocycles. The molecule has 0 saturated carbocycles. The number of likely N-dealkylation sites (N-methyl/N-ethyl adjacent to an activating group) is 1. The van der Waals surface area contributed by atoms with Crippen molar-refractivity contribution in [2.45, 2.75) is 70.0 Å². The Hall–Kier alpha value is -1.87. The molecule has 2 aliphatic heterocycles. The molecule has 7 nitrogen and oxygen atoms in total. The summed E-state index contributed by atoms with van der Waals surface area (Å²) < 4.78 is 3.83. The van der Waals surface area contributed by atoms with Gasteiger partial charge in [0.2, 0.25) is 11.8 Å². The number of nitrogens with zero attached hydrogens (tertiary/aromatic N) is 5. The largest absolute Gasteiger partial charge is 0.342 e. The van der Waals surface area contributed by atoms with Crippen molar-refractivity contribution in [1.29, 1.82) is 0 Å². The third-order valence-electron chi connectivity index (χ3n) is 6.09. The molecule has 4 rings (SSSR count). The van der Waals surface area contributed by atoms with Gasteiger partial charge in [-0.1, -0.05) is 4.49 Å². The lowest BCUT2D eigenvalue weighted by Crippen LogP contribution is -2.53. The van der Waals surface area contributed by atoms with Crippen LogP contribution in [0, 0.1) is 6.92 Å². The fourth-order valence-corrected chi connectivity index (χ4v) is 5.76. The Morgan fingerprint density at radius 2 is 2.04 bits per heavy atom. The van der Waals surface area contributed by atoms with E-state index in [-0.39, 0.29) is 29.9 Å². The lowest BCUT2D eigenvalue weighted by atomic mass is 9.95. The number of fused-ring (bicyclic) bond motifs is 2. The van der Waals surface area contributed by atoms with Gasteiger partial charge in [-0.2, -0.15) is 0 Å². The maximum atomic E-state index is 12.9. The van der Waals surface area contributed by atoms with Crippen LogP contribution in [0.2, 0.25) is 0 Å². The molecule has 2 aromatic rings. The maximum Gasteiger partial charge on any atom is 0.228 e. The first-order chi connectivity index (χ1) is 13.5. The normalized spacial score (nSPS) is 23.8. The minimum atomic E-state index is 0.0811. The van der Waals surface area contributed by atoms with Crippen molar-refractivity contribution in [3.63, 3.8) is 0 Å². The molecule has 150 valence electrons. The van der Waals surface area contributed by atoms with Crippen molar-refractivity contribution in [2.75, 3.05) is 7.05 Å². The first-order valence-corrected chi connectivity index (χ1v) is 11.5. The molecule has 2 fully saturated rings. The van der Waals surface area contributed by atoms with Crippen LogP contribution in [0.5, 0.6) is 0 Å². The van der Waals surface area contributed by atoms with Gasteiger partial charge >= 0.3 is 0 Å². The number of aromatic nitrogens is 3. The van der Waals surface area contributed by atoms with E-state index in [1.165, 1.54) is 16.4 Å². The third kappa shape index (κ3) is 3.96. The van der Waals surface area contributed by atoms with E-state index < -0.39 is 0 Å². The maximum absolute atomic E-state index is 12.9. The summed E-state index contributed by atoms with van der Waals surface area (Å²) in [5.41, 5.74) is 3.62. The zero-order chi connectivity index (χ0) is 19.7. The number of piperidine rings is 1. The minimum Gasteiger partial charge on any atom is -0.342 e. The second-order valence-electron chi connectivity index (χ2n) is 7.75. The van der Waals surface area contributed by atoms with Gasteiger partial charge in [0.25, 0.3) is 0 Å². The lowest BCUT2D eigenvalue weighted by molar-refractivity contribution is -0.138. The van der Waals surface area contributed by atoms with Gasteiger partial charge in [-0.25, -0.2) is 4.98 Å². The monoisotopic (exact) mass is 419 g/mol. The van der Waals surface area contributed by atoms with Gasteiger partial charge in [-0.05, 0) is 50.6 Å². The molecule has 2 saturated heterocycles. The average Bonchev–Trinajstić information content (AvgIpc) is 3.39. The molecule has 2 bridgehead atoms. The number of hydrogen-bond acceptors (Lipinski definition) is 7. The van der Waals surface area contributed by atoms with Crippen LogP contribution in [-0.2, 0) is 22.4 Å². The molecule has 2 aliphatic rings. The molecule has 2 unspecified atom stereocenters. The predicted octanol–water partition coefficient (Wildman–Crippen LogP) is 2.46. The van der Waals surface area contributed by atoms with Crippen molar-refractivity contribution in [3.8, 4) is 0 Å². The Morgan fingerprint density at radius 3 is 2.64 bits per heavy atom. The summed E-state index contributed by atoms with van der Waals surface area (Å²) in [6.07, 6.45) is 5.46. The third-order valence-corrected chi connectivity index (χ3v) is 7.63. The van der Waals surface area contributed by atoms with Crippen LogP contribution < -0.4 is 0 Å². The number of carbonyl (C=O) groups is 2. The van der Waals surface area contributed by atoms with Gasteiger partial charge < -0.3 is 9.80 Å². The van der Waals surface area contributed by atoms with Crippen molar-refractivity contribution in [2.24, 2.45) is 0 Å². The van der Waals surface area contributed by atoms with E-state index in [0.29, 0.717) is 12.8 Å². The molecular formula is C19H25N5O2S2. The summed E-state index contributed by atoms with van der Waals surface area (Å²) in [5, 5.41) is 5.79. The fraction of sp³-hybridized carbons (Fsp3) is 0.632. The van der Waals surface area contributed by atoms with Crippen LogP contribution in [0.25, 0.3) is 0 Å². The van der Waals surface area contributed by atoms with Crippen LogP contribution in [0.15, 0.2) is 10.9 Å². The van der Waals surface area contributed by atoms with E-state index in [9.17, 15) is 9.59 Å². The number of rotatable bonds is 6. The predicted molar refractivity (Wildman–Crippen MR) is 108 cm³/mol. The van der Waals surface area contributed by atoms with Crippen molar-refractivity contribution in [3.05, 3.63) is 27.2 Å². The highest BCUT2D eigenvalue weighted by Gasteiger charge is 2.44. The van der Waals surface area contributed by atoms with Crippen LogP contribution in [0.3, 0.4) is 0 Å². The highest BCUT2D eigenvalue weighted by Crippen LogP contribution is 2.38. The van der Waals surface area contributed by atoms with E-state index in [2.05, 4.69) is 19.5 Å². The zero-order valence-electron chi connectivity index (χ0n) is 16.2. The van der Waals surface area contributed by atoms with Crippen LogP contribution in [0.1, 0.15) is 48.4 Å². The van der Waals surface area contributed by atoms with E-state index in [0.717, 1.165) is 43.5 Å². The number of carbonyl (C=O) groups excluding carboxylic acids is 2. The molecule has 9 heteroatoms. The molecule has 0 radical (unpaired) electrons. The fourth-order valence-electron chi connectivity index (χ4n) is 4.53. The van der Waals surface area contributed by atoms with Crippen LogP contribution in [-0.4, -0.2) is 61.4 Å². The molecule has 0 N–H and O–H groups in total. The van der Waals surface area contributed by atoms with Crippen LogP contribution >= 0.6 is 22.9 Å².